The van der Waals surface area contributed by atoms with Crippen LogP contribution in [0.2, 0.25) is 0 Å². The maximum Gasteiger partial charge on any atom is 0.0556 e. The first-order valence-corrected chi connectivity index (χ1v) is 21.8. The van der Waals surface area contributed by atoms with E-state index in [2.05, 4.69) is 235 Å². The Balaban J connectivity index is 1.06. The monoisotopic (exact) mass is 781 g/mol. The van der Waals surface area contributed by atoms with Crippen molar-refractivity contribution < 1.29 is 0 Å². The Morgan fingerprint density at radius 2 is 0.951 bits per heavy atom. The summed E-state index contributed by atoms with van der Waals surface area (Å²) in [5, 5.41) is 2.51. The van der Waals surface area contributed by atoms with Gasteiger partial charge in [-0.2, -0.15) is 0 Å². The largest absolute Gasteiger partial charge is 0.338 e. The van der Waals surface area contributed by atoms with Gasteiger partial charge in [0, 0.05) is 23.2 Å². The van der Waals surface area contributed by atoms with Crippen molar-refractivity contribution in [3.8, 4) is 33.4 Å². The average Bonchev–Trinajstić information content (AvgIpc) is 3.34. The molecule has 3 unspecified atom stereocenters. The summed E-state index contributed by atoms with van der Waals surface area (Å²) < 4.78 is 0. The molecule has 0 heterocycles. The second kappa shape index (κ2) is 16.1. The van der Waals surface area contributed by atoms with Crippen LogP contribution in [0.4, 0.5) is 5.69 Å². The molecule has 0 aliphatic heterocycles. The lowest BCUT2D eigenvalue weighted by molar-refractivity contribution is 0.685. The molecule has 1 nitrogen and oxygen atoms in total. The second-order valence-corrected chi connectivity index (χ2v) is 16.7. The summed E-state index contributed by atoms with van der Waals surface area (Å²) in [5.74, 6) is 0.243. The first-order chi connectivity index (χ1) is 30.3. The van der Waals surface area contributed by atoms with E-state index in [4.69, 9.17) is 0 Å². The summed E-state index contributed by atoms with van der Waals surface area (Å²) in [5.41, 5.74) is 18.4. The van der Waals surface area contributed by atoms with Crippen LogP contribution in [0.25, 0.3) is 49.7 Å². The normalized spacial score (nSPS) is 17.9. The summed E-state index contributed by atoms with van der Waals surface area (Å²) in [7, 11) is 0. The van der Waals surface area contributed by atoms with Crippen molar-refractivity contribution >= 4 is 22.0 Å². The molecule has 8 aromatic carbocycles. The fourth-order valence-corrected chi connectivity index (χ4v) is 10.2. The Morgan fingerprint density at radius 3 is 1.52 bits per heavy atom. The van der Waals surface area contributed by atoms with E-state index in [1.54, 1.807) is 0 Å². The van der Waals surface area contributed by atoms with Crippen LogP contribution in [0.3, 0.4) is 0 Å². The van der Waals surface area contributed by atoms with Crippen LogP contribution in [0.1, 0.15) is 58.9 Å². The number of rotatable bonds is 8. The Morgan fingerprint density at radius 1 is 0.410 bits per heavy atom. The predicted molar refractivity (Wildman–Crippen MR) is 258 cm³/mol. The fraction of sp³-hybridized carbons (Fsp3) is 0.100. The van der Waals surface area contributed by atoms with Crippen LogP contribution in [-0.2, 0) is 0 Å². The first-order valence-electron chi connectivity index (χ1n) is 21.8. The van der Waals surface area contributed by atoms with E-state index >= 15 is 0 Å². The van der Waals surface area contributed by atoms with Crippen molar-refractivity contribution in [1.29, 1.82) is 0 Å². The minimum Gasteiger partial charge on any atom is -0.338 e. The predicted octanol–water partition coefficient (Wildman–Crippen LogP) is 15.6. The van der Waals surface area contributed by atoms with E-state index in [9.17, 15) is 0 Å². The van der Waals surface area contributed by atoms with Gasteiger partial charge >= 0.3 is 0 Å². The second-order valence-electron chi connectivity index (χ2n) is 16.7. The molecule has 8 aromatic rings. The zero-order valence-electron chi connectivity index (χ0n) is 34.2. The SMILES string of the molecule is C1=CCC(N(C2=CC=C(c3ccc4c(c3)C(c3ccccc3)C(c3ccccc3)c3cc(-c5cc6ccccc6cc5-c5ccccc5)ccc3-4)CC2)c2ccccc2)C=C1. The molecular formula is C60H47N. The van der Waals surface area contributed by atoms with Crippen molar-refractivity contribution in [1.82, 2.24) is 0 Å². The summed E-state index contributed by atoms with van der Waals surface area (Å²) in [4.78, 5) is 2.54. The highest BCUT2D eigenvalue weighted by atomic mass is 15.2. The molecule has 0 N–H and O–H groups in total. The van der Waals surface area contributed by atoms with Gasteiger partial charge in [-0.3, -0.25) is 0 Å². The number of fused-ring (bicyclic) bond motifs is 4. The lowest BCUT2D eigenvalue weighted by Crippen LogP contribution is -2.34. The highest BCUT2D eigenvalue weighted by molar-refractivity contribution is 5.97. The molecule has 3 aliphatic rings. The van der Waals surface area contributed by atoms with Gasteiger partial charge in [-0.1, -0.05) is 194 Å². The van der Waals surface area contributed by atoms with E-state index < -0.39 is 0 Å². The number of nitrogens with zero attached hydrogens (tertiary/aromatic N) is 1. The van der Waals surface area contributed by atoms with Gasteiger partial charge in [-0.25, -0.2) is 0 Å². The van der Waals surface area contributed by atoms with Gasteiger partial charge in [0.15, 0.2) is 0 Å². The molecule has 11 rings (SSSR count). The van der Waals surface area contributed by atoms with Gasteiger partial charge in [0.1, 0.15) is 0 Å². The molecule has 0 saturated heterocycles. The van der Waals surface area contributed by atoms with Crippen LogP contribution in [0.5, 0.6) is 0 Å². The van der Waals surface area contributed by atoms with Crippen LogP contribution in [0.15, 0.2) is 236 Å². The van der Waals surface area contributed by atoms with Crippen LogP contribution in [0, 0.1) is 0 Å². The van der Waals surface area contributed by atoms with Crippen LogP contribution >= 0.6 is 0 Å². The van der Waals surface area contributed by atoms with Gasteiger partial charge in [-0.05, 0) is 133 Å². The summed E-state index contributed by atoms with van der Waals surface area (Å²) in [6.07, 6.45) is 16.7. The minimum absolute atomic E-state index is 0.116. The molecule has 0 amide bonds. The molecular weight excluding hydrogens is 735 g/mol. The molecule has 0 spiro atoms. The molecule has 3 atom stereocenters. The third kappa shape index (κ3) is 6.97. The number of hydrogen-bond donors (Lipinski definition) is 0. The Kier molecular flexibility index (Phi) is 9.71. The van der Waals surface area contributed by atoms with Crippen molar-refractivity contribution in [3.05, 3.63) is 264 Å². The Bertz CT molecular complexity index is 2990. The first kappa shape index (κ1) is 36.8. The van der Waals surface area contributed by atoms with E-state index in [-0.39, 0.29) is 11.8 Å². The summed E-state index contributed by atoms with van der Waals surface area (Å²) >= 11 is 0. The highest BCUT2D eigenvalue weighted by Crippen LogP contribution is 2.54. The van der Waals surface area contributed by atoms with Crippen LogP contribution in [-0.4, -0.2) is 6.04 Å². The topological polar surface area (TPSA) is 3.24 Å². The van der Waals surface area contributed by atoms with Crippen LogP contribution < -0.4 is 4.90 Å². The van der Waals surface area contributed by atoms with Gasteiger partial charge in [-0.15, -0.1) is 0 Å². The van der Waals surface area contributed by atoms with E-state index in [1.807, 2.05) is 0 Å². The number of hydrogen-bond acceptors (Lipinski definition) is 1. The average molecular weight is 782 g/mol. The van der Waals surface area contributed by atoms with E-state index in [1.165, 1.54) is 88.9 Å². The lowest BCUT2D eigenvalue weighted by Gasteiger charge is -2.38. The van der Waals surface area contributed by atoms with Crippen molar-refractivity contribution in [2.75, 3.05) is 4.90 Å². The lowest BCUT2D eigenvalue weighted by atomic mass is 9.65. The standard InChI is InChI=1S/C60H47N/c1-6-18-43(19-7-1)55-38-46-24-16-17-25-47(46)39-56(55)49-33-37-54-53-36-32-48(42-30-34-52(35-31-42)61(50-26-12-4-13-27-50)51-28-14-5-15-29-51)40-57(53)59(44-20-8-2-9-21-44)60(58(54)41-49)45-22-10-3-11-23-45/h1-28,30,32-34,36-41,51,59-60H,29,31,35H2. The molecule has 0 aromatic heterocycles. The zero-order valence-corrected chi connectivity index (χ0v) is 34.2. The van der Waals surface area contributed by atoms with Gasteiger partial charge < -0.3 is 4.90 Å². The maximum absolute atomic E-state index is 2.54. The Labute approximate surface area is 360 Å². The maximum atomic E-state index is 2.54. The third-order valence-electron chi connectivity index (χ3n) is 13.1. The quantitative estimate of drug-likeness (QED) is 0.148. The van der Waals surface area contributed by atoms with E-state index in [0.29, 0.717) is 6.04 Å². The van der Waals surface area contributed by atoms with Crippen molar-refractivity contribution in [2.24, 2.45) is 0 Å². The van der Waals surface area contributed by atoms with Crippen molar-refractivity contribution in [2.45, 2.75) is 37.1 Å². The minimum atomic E-state index is 0.116. The number of benzene rings is 8. The van der Waals surface area contributed by atoms with Crippen molar-refractivity contribution in [3.63, 3.8) is 0 Å². The fourth-order valence-electron chi connectivity index (χ4n) is 10.2. The number of anilines is 1. The molecule has 1 heteroatoms. The van der Waals surface area contributed by atoms with Gasteiger partial charge in [0.25, 0.3) is 0 Å². The van der Waals surface area contributed by atoms with Gasteiger partial charge in [0.05, 0.1) is 6.04 Å². The van der Waals surface area contributed by atoms with Gasteiger partial charge in [0.2, 0.25) is 0 Å². The molecule has 61 heavy (non-hydrogen) atoms. The number of para-hydroxylation sites is 1. The molecule has 292 valence electrons. The third-order valence-corrected chi connectivity index (χ3v) is 13.1. The summed E-state index contributed by atoms with van der Waals surface area (Å²) in [6, 6.07) is 72.7. The Hall–Kier alpha value is -7.22. The smallest absolute Gasteiger partial charge is 0.0556 e. The highest BCUT2D eigenvalue weighted by Gasteiger charge is 2.37. The molecule has 0 fully saturated rings. The molecule has 3 aliphatic carbocycles. The molecule has 0 saturated carbocycles. The molecule has 0 bridgehead atoms. The summed E-state index contributed by atoms with van der Waals surface area (Å²) in [6.45, 7) is 0. The zero-order chi connectivity index (χ0) is 40.5. The number of allylic oxidation sites excluding steroid dienone is 6. The van der Waals surface area contributed by atoms with E-state index in [0.717, 1.165) is 19.3 Å². The molecule has 0 radical (unpaired) electrons.